The van der Waals surface area contributed by atoms with E-state index in [1.165, 1.54) is 13.8 Å². The minimum absolute atomic E-state index is 0.0267. The SMILES string of the molecule is CC(=O)OC[C@H]1[C@H]2CC(=O)O[C@@H]2C[C@@H]1OC(C)=O. The molecular weight excluding hydrogens is 240 g/mol. The third-order valence-electron chi connectivity index (χ3n) is 3.45. The molecule has 6 nitrogen and oxygen atoms in total. The highest BCUT2D eigenvalue weighted by atomic mass is 16.6. The van der Waals surface area contributed by atoms with Gasteiger partial charge in [-0.1, -0.05) is 0 Å². The van der Waals surface area contributed by atoms with Crippen molar-refractivity contribution in [3.05, 3.63) is 0 Å². The van der Waals surface area contributed by atoms with E-state index in [2.05, 4.69) is 0 Å². The monoisotopic (exact) mass is 256 g/mol. The van der Waals surface area contributed by atoms with E-state index in [0.29, 0.717) is 12.8 Å². The average Bonchev–Trinajstić information content (AvgIpc) is 2.70. The van der Waals surface area contributed by atoms with Gasteiger partial charge in [0.2, 0.25) is 0 Å². The molecule has 1 saturated carbocycles. The Hall–Kier alpha value is -1.59. The fraction of sp³-hybridized carbons (Fsp3) is 0.750. The molecule has 0 aromatic heterocycles. The molecule has 100 valence electrons. The maximum atomic E-state index is 11.2. The van der Waals surface area contributed by atoms with E-state index >= 15 is 0 Å². The molecule has 0 radical (unpaired) electrons. The van der Waals surface area contributed by atoms with Crippen LogP contribution < -0.4 is 0 Å². The Morgan fingerprint density at radius 2 is 2.06 bits per heavy atom. The highest BCUT2D eigenvalue weighted by Gasteiger charge is 2.51. The second kappa shape index (κ2) is 4.96. The summed E-state index contributed by atoms with van der Waals surface area (Å²) in [5, 5.41) is 0. The van der Waals surface area contributed by atoms with Crippen LogP contribution in [0.5, 0.6) is 0 Å². The van der Waals surface area contributed by atoms with Crippen LogP contribution in [-0.4, -0.2) is 36.7 Å². The quantitative estimate of drug-likeness (QED) is 0.538. The highest BCUT2D eigenvalue weighted by molar-refractivity contribution is 5.72. The first-order chi connectivity index (χ1) is 8.47. The molecule has 2 aliphatic rings. The Balaban J connectivity index is 2.04. The second-order valence-electron chi connectivity index (χ2n) is 4.75. The molecule has 2 fully saturated rings. The van der Waals surface area contributed by atoms with Gasteiger partial charge < -0.3 is 14.2 Å². The lowest BCUT2D eigenvalue weighted by Gasteiger charge is -2.21. The smallest absolute Gasteiger partial charge is 0.306 e. The fourth-order valence-corrected chi connectivity index (χ4v) is 2.75. The van der Waals surface area contributed by atoms with Crippen molar-refractivity contribution < 1.29 is 28.6 Å². The number of carbonyl (C=O) groups is 3. The maximum Gasteiger partial charge on any atom is 0.306 e. The summed E-state index contributed by atoms with van der Waals surface area (Å²) < 4.78 is 15.4. The zero-order chi connectivity index (χ0) is 13.3. The molecule has 0 bridgehead atoms. The Morgan fingerprint density at radius 3 is 2.67 bits per heavy atom. The van der Waals surface area contributed by atoms with E-state index in [0.717, 1.165) is 0 Å². The van der Waals surface area contributed by atoms with Crippen molar-refractivity contribution in [3.63, 3.8) is 0 Å². The first-order valence-electron chi connectivity index (χ1n) is 5.97. The van der Waals surface area contributed by atoms with Gasteiger partial charge in [-0.2, -0.15) is 0 Å². The van der Waals surface area contributed by atoms with E-state index in [1.54, 1.807) is 0 Å². The Labute approximate surface area is 105 Å². The van der Waals surface area contributed by atoms with Gasteiger partial charge in [0, 0.05) is 32.1 Å². The number of carbonyl (C=O) groups excluding carboxylic acids is 3. The van der Waals surface area contributed by atoms with E-state index in [4.69, 9.17) is 14.2 Å². The molecule has 0 amide bonds. The predicted octanol–water partition coefficient (Wildman–Crippen LogP) is 0.433. The number of fused-ring (bicyclic) bond motifs is 1. The number of ether oxygens (including phenoxy) is 3. The first kappa shape index (κ1) is 12.9. The molecule has 0 aromatic rings. The topological polar surface area (TPSA) is 78.9 Å². The number of esters is 3. The van der Waals surface area contributed by atoms with Crippen LogP contribution in [-0.2, 0) is 28.6 Å². The zero-order valence-electron chi connectivity index (χ0n) is 10.4. The lowest BCUT2D eigenvalue weighted by atomic mass is 9.93. The van der Waals surface area contributed by atoms with Crippen LogP contribution in [0.3, 0.4) is 0 Å². The molecule has 0 aromatic carbocycles. The Morgan fingerprint density at radius 1 is 1.33 bits per heavy atom. The van der Waals surface area contributed by atoms with E-state index in [9.17, 15) is 14.4 Å². The van der Waals surface area contributed by atoms with Crippen molar-refractivity contribution in [1.29, 1.82) is 0 Å². The summed E-state index contributed by atoms with van der Waals surface area (Å²) in [6.07, 6.45) is 0.225. The van der Waals surface area contributed by atoms with Crippen LogP contribution in [0, 0.1) is 11.8 Å². The van der Waals surface area contributed by atoms with Crippen molar-refractivity contribution in [3.8, 4) is 0 Å². The lowest BCUT2D eigenvalue weighted by Crippen LogP contribution is -2.29. The molecule has 6 heteroatoms. The minimum atomic E-state index is -0.384. The predicted molar refractivity (Wildman–Crippen MR) is 58.3 cm³/mol. The molecular formula is C12H16O6. The van der Waals surface area contributed by atoms with Crippen molar-refractivity contribution in [2.75, 3.05) is 6.61 Å². The summed E-state index contributed by atoms with van der Waals surface area (Å²) in [4.78, 5) is 33.1. The highest BCUT2D eigenvalue weighted by Crippen LogP contribution is 2.42. The average molecular weight is 256 g/mol. The standard InChI is InChI=1S/C12H16O6/c1-6(13)16-5-9-8-3-12(15)18-10(8)4-11(9)17-7(2)14/h8-11H,3-5H2,1-2H3/t8-,9+,10-,11+/m1/s1. The molecule has 2 rings (SSSR count). The van der Waals surface area contributed by atoms with Gasteiger partial charge in [-0.3, -0.25) is 14.4 Å². The van der Waals surface area contributed by atoms with Gasteiger partial charge >= 0.3 is 17.9 Å². The van der Waals surface area contributed by atoms with Crippen LogP contribution in [0.2, 0.25) is 0 Å². The third kappa shape index (κ3) is 2.63. The molecule has 18 heavy (non-hydrogen) atoms. The van der Waals surface area contributed by atoms with Crippen LogP contribution in [0.25, 0.3) is 0 Å². The van der Waals surface area contributed by atoms with Crippen molar-refractivity contribution in [2.45, 2.75) is 38.9 Å². The number of hydrogen-bond acceptors (Lipinski definition) is 6. The van der Waals surface area contributed by atoms with E-state index in [1.807, 2.05) is 0 Å². The molecule has 1 aliphatic heterocycles. The summed E-state index contributed by atoms with van der Waals surface area (Å²) in [5.41, 5.74) is 0. The van der Waals surface area contributed by atoms with Crippen LogP contribution in [0.1, 0.15) is 26.7 Å². The van der Waals surface area contributed by atoms with Gasteiger partial charge in [-0.05, 0) is 0 Å². The molecule has 0 spiro atoms. The second-order valence-corrected chi connectivity index (χ2v) is 4.75. The molecule has 0 N–H and O–H groups in total. The van der Waals surface area contributed by atoms with E-state index in [-0.39, 0.29) is 48.6 Å². The normalized spacial score (nSPS) is 33.8. The number of hydrogen-bond donors (Lipinski definition) is 0. The lowest BCUT2D eigenvalue weighted by molar-refractivity contribution is -0.152. The Kier molecular flexibility index (Phi) is 3.54. The summed E-state index contributed by atoms with van der Waals surface area (Å²) in [7, 11) is 0. The van der Waals surface area contributed by atoms with Gasteiger partial charge in [0.05, 0.1) is 13.0 Å². The fourth-order valence-electron chi connectivity index (χ4n) is 2.75. The summed E-state index contributed by atoms with van der Waals surface area (Å²) in [6, 6.07) is 0. The molecule has 0 unspecified atom stereocenters. The largest absolute Gasteiger partial charge is 0.465 e. The van der Waals surface area contributed by atoms with E-state index < -0.39 is 0 Å². The van der Waals surface area contributed by atoms with Gasteiger partial charge in [0.1, 0.15) is 12.2 Å². The van der Waals surface area contributed by atoms with Crippen molar-refractivity contribution in [2.24, 2.45) is 11.8 Å². The van der Waals surface area contributed by atoms with Crippen LogP contribution in [0.15, 0.2) is 0 Å². The van der Waals surface area contributed by atoms with Crippen molar-refractivity contribution in [1.82, 2.24) is 0 Å². The molecule has 1 aliphatic carbocycles. The molecule has 1 heterocycles. The summed E-state index contributed by atoms with van der Waals surface area (Å²) in [5.74, 6) is -1.18. The Bertz CT molecular complexity index is 377. The van der Waals surface area contributed by atoms with Gasteiger partial charge in [0.15, 0.2) is 0 Å². The minimum Gasteiger partial charge on any atom is -0.465 e. The van der Waals surface area contributed by atoms with Crippen molar-refractivity contribution >= 4 is 17.9 Å². The summed E-state index contributed by atoms with van der Waals surface area (Å²) in [6.45, 7) is 2.82. The summed E-state index contributed by atoms with van der Waals surface area (Å²) >= 11 is 0. The molecule has 1 saturated heterocycles. The number of rotatable bonds is 3. The van der Waals surface area contributed by atoms with Crippen LogP contribution >= 0.6 is 0 Å². The molecule has 4 atom stereocenters. The zero-order valence-corrected chi connectivity index (χ0v) is 10.4. The first-order valence-corrected chi connectivity index (χ1v) is 5.97. The maximum absolute atomic E-state index is 11.2. The van der Waals surface area contributed by atoms with Gasteiger partial charge in [-0.15, -0.1) is 0 Å². The third-order valence-corrected chi connectivity index (χ3v) is 3.45. The van der Waals surface area contributed by atoms with Gasteiger partial charge in [-0.25, -0.2) is 0 Å². The van der Waals surface area contributed by atoms with Crippen LogP contribution in [0.4, 0.5) is 0 Å². The van der Waals surface area contributed by atoms with Gasteiger partial charge in [0.25, 0.3) is 0 Å².